The predicted octanol–water partition coefficient (Wildman–Crippen LogP) is 6.72. The van der Waals surface area contributed by atoms with Gasteiger partial charge in [-0.05, 0) is 53.3 Å². The molecule has 1 fully saturated rings. The van der Waals surface area contributed by atoms with Crippen LogP contribution in [0.15, 0.2) is 65.1 Å². The van der Waals surface area contributed by atoms with Gasteiger partial charge in [-0.25, -0.2) is 4.98 Å². The average molecular weight is 508 g/mol. The van der Waals surface area contributed by atoms with Crippen molar-refractivity contribution in [1.29, 1.82) is 0 Å². The van der Waals surface area contributed by atoms with E-state index in [0.717, 1.165) is 45.6 Å². The fourth-order valence-corrected chi connectivity index (χ4v) is 5.71. The Kier molecular flexibility index (Phi) is 6.54. The van der Waals surface area contributed by atoms with Crippen molar-refractivity contribution in [1.82, 2.24) is 25.6 Å². The normalized spacial score (nSPS) is 14.4. The number of aromatic nitrogens is 5. The van der Waals surface area contributed by atoms with E-state index in [0.29, 0.717) is 29.4 Å². The van der Waals surface area contributed by atoms with Crippen LogP contribution in [0.4, 0.5) is 11.4 Å². The summed E-state index contributed by atoms with van der Waals surface area (Å²) in [5, 5.41) is 14.8. The summed E-state index contributed by atoms with van der Waals surface area (Å²) in [5.41, 5.74) is 13.9. The molecule has 5 aromatic rings. The van der Waals surface area contributed by atoms with Crippen LogP contribution in [0, 0.1) is 5.92 Å². The van der Waals surface area contributed by atoms with Gasteiger partial charge in [0.1, 0.15) is 5.52 Å². The van der Waals surface area contributed by atoms with Crippen molar-refractivity contribution in [3.63, 3.8) is 0 Å². The highest BCUT2D eigenvalue weighted by Gasteiger charge is 2.28. The maximum Gasteiger partial charge on any atom is 0.230 e. The molecule has 1 aliphatic rings. The molecular weight excluding hydrogens is 474 g/mol. The van der Waals surface area contributed by atoms with Crippen molar-refractivity contribution in [3.8, 4) is 34.0 Å². The predicted molar refractivity (Wildman–Crippen MR) is 152 cm³/mol. The fourth-order valence-electron chi connectivity index (χ4n) is 5.71. The molecule has 0 bridgehead atoms. The van der Waals surface area contributed by atoms with Crippen molar-refractivity contribution in [2.75, 3.05) is 17.2 Å². The van der Waals surface area contributed by atoms with Crippen LogP contribution in [0.1, 0.15) is 46.0 Å². The topological polar surface area (TPSA) is 110 Å². The number of H-pyrrole nitrogens is 1. The van der Waals surface area contributed by atoms with E-state index in [1.165, 1.54) is 32.1 Å². The molecular formula is C30H33N7O. The van der Waals surface area contributed by atoms with Gasteiger partial charge in [-0.15, -0.1) is 10.2 Å². The SMILES string of the molecule is CC(C)CN(c1ccc(-c2ccccc2-c2nn[nH]n2)c(-c2nc3ccccc3o2)c1N)C1CCCCC1. The van der Waals surface area contributed by atoms with Crippen LogP contribution in [0.2, 0.25) is 0 Å². The quantitative estimate of drug-likeness (QED) is 0.235. The summed E-state index contributed by atoms with van der Waals surface area (Å²) in [7, 11) is 0. The number of nitrogen functional groups attached to an aromatic ring is 1. The van der Waals surface area contributed by atoms with Crippen molar-refractivity contribution in [3.05, 3.63) is 60.7 Å². The molecule has 1 aliphatic carbocycles. The minimum absolute atomic E-state index is 0.474. The fraction of sp³-hybridized carbons (Fsp3) is 0.333. The van der Waals surface area contributed by atoms with Gasteiger partial charge < -0.3 is 15.1 Å². The van der Waals surface area contributed by atoms with E-state index in [-0.39, 0.29) is 0 Å². The monoisotopic (exact) mass is 507 g/mol. The summed E-state index contributed by atoms with van der Waals surface area (Å²) in [4.78, 5) is 7.41. The van der Waals surface area contributed by atoms with Gasteiger partial charge in [0.2, 0.25) is 11.7 Å². The molecule has 0 unspecified atom stereocenters. The number of nitrogens with two attached hydrogens (primary N) is 1. The van der Waals surface area contributed by atoms with Gasteiger partial charge in [-0.2, -0.15) is 5.21 Å². The van der Waals surface area contributed by atoms with E-state index in [1.807, 2.05) is 42.5 Å². The van der Waals surface area contributed by atoms with E-state index < -0.39 is 0 Å². The van der Waals surface area contributed by atoms with E-state index in [2.05, 4.69) is 57.6 Å². The van der Waals surface area contributed by atoms with E-state index >= 15 is 0 Å². The number of hydrogen-bond acceptors (Lipinski definition) is 7. The van der Waals surface area contributed by atoms with Crippen molar-refractivity contribution in [2.24, 2.45) is 5.92 Å². The summed E-state index contributed by atoms with van der Waals surface area (Å²) in [5.74, 6) is 1.54. The molecule has 0 amide bonds. The summed E-state index contributed by atoms with van der Waals surface area (Å²) in [6.45, 7) is 5.48. The van der Waals surface area contributed by atoms with Crippen molar-refractivity contribution >= 4 is 22.5 Å². The maximum atomic E-state index is 7.14. The molecule has 0 aliphatic heterocycles. The molecule has 3 aromatic carbocycles. The molecule has 38 heavy (non-hydrogen) atoms. The Bertz CT molecular complexity index is 1500. The lowest BCUT2D eigenvalue weighted by molar-refractivity contribution is 0.401. The highest BCUT2D eigenvalue weighted by Crippen LogP contribution is 2.45. The molecule has 6 rings (SSSR count). The van der Waals surface area contributed by atoms with Crippen LogP contribution in [-0.2, 0) is 0 Å². The van der Waals surface area contributed by atoms with Gasteiger partial charge in [-0.3, -0.25) is 0 Å². The van der Waals surface area contributed by atoms with Crippen LogP contribution >= 0.6 is 0 Å². The van der Waals surface area contributed by atoms with Gasteiger partial charge in [-0.1, -0.05) is 75.6 Å². The van der Waals surface area contributed by atoms with Crippen LogP contribution < -0.4 is 10.6 Å². The Morgan fingerprint density at radius 2 is 1.71 bits per heavy atom. The molecule has 2 aromatic heterocycles. The molecule has 1 saturated carbocycles. The second-order valence-electron chi connectivity index (χ2n) is 10.5. The number of para-hydroxylation sites is 2. The Morgan fingerprint density at radius 3 is 2.45 bits per heavy atom. The molecule has 194 valence electrons. The average Bonchev–Trinajstić information content (AvgIpc) is 3.62. The zero-order valence-electron chi connectivity index (χ0n) is 21.9. The zero-order valence-corrected chi connectivity index (χ0v) is 21.9. The summed E-state index contributed by atoms with van der Waals surface area (Å²) in [6, 6.07) is 20.6. The van der Waals surface area contributed by atoms with Crippen LogP contribution in [0.3, 0.4) is 0 Å². The Hall–Kier alpha value is -4.20. The minimum atomic E-state index is 0.474. The third-order valence-corrected chi connectivity index (χ3v) is 7.42. The highest BCUT2D eigenvalue weighted by atomic mass is 16.3. The van der Waals surface area contributed by atoms with E-state index in [4.69, 9.17) is 15.1 Å². The molecule has 8 heteroatoms. The third-order valence-electron chi connectivity index (χ3n) is 7.42. The van der Waals surface area contributed by atoms with Crippen LogP contribution in [0.5, 0.6) is 0 Å². The second-order valence-corrected chi connectivity index (χ2v) is 10.5. The molecule has 0 radical (unpaired) electrons. The first-order chi connectivity index (χ1) is 18.6. The van der Waals surface area contributed by atoms with Gasteiger partial charge in [0.05, 0.1) is 16.9 Å². The van der Waals surface area contributed by atoms with Crippen molar-refractivity contribution < 1.29 is 4.42 Å². The summed E-state index contributed by atoms with van der Waals surface area (Å²) in [6.07, 6.45) is 6.20. The molecule has 0 atom stereocenters. The smallest absolute Gasteiger partial charge is 0.230 e. The molecule has 8 nitrogen and oxygen atoms in total. The number of aromatic amines is 1. The summed E-state index contributed by atoms with van der Waals surface area (Å²) >= 11 is 0. The Balaban J connectivity index is 1.58. The number of oxazole rings is 1. The van der Waals surface area contributed by atoms with Crippen LogP contribution in [0.25, 0.3) is 45.1 Å². The van der Waals surface area contributed by atoms with Crippen LogP contribution in [-0.4, -0.2) is 38.2 Å². The lowest BCUT2D eigenvalue weighted by Crippen LogP contribution is -2.39. The van der Waals surface area contributed by atoms with Gasteiger partial charge in [0, 0.05) is 18.2 Å². The number of rotatable bonds is 7. The maximum absolute atomic E-state index is 7.14. The molecule has 0 spiro atoms. The lowest BCUT2D eigenvalue weighted by atomic mass is 9.90. The first kappa shape index (κ1) is 24.2. The van der Waals surface area contributed by atoms with Gasteiger partial charge in [0.15, 0.2) is 5.58 Å². The van der Waals surface area contributed by atoms with E-state index in [9.17, 15) is 0 Å². The molecule has 2 heterocycles. The minimum Gasteiger partial charge on any atom is -0.436 e. The Labute approximate surface area is 222 Å². The number of tetrazole rings is 1. The molecule has 0 saturated heterocycles. The zero-order chi connectivity index (χ0) is 26.1. The number of benzene rings is 3. The molecule has 3 N–H and O–H groups in total. The first-order valence-corrected chi connectivity index (χ1v) is 13.5. The number of hydrogen-bond donors (Lipinski definition) is 2. The Morgan fingerprint density at radius 1 is 0.947 bits per heavy atom. The number of fused-ring (bicyclic) bond motifs is 1. The second kappa shape index (κ2) is 10.3. The number of anilines is 2. The standard InChI is InChI=1S/C30H33N7O/c1-19(2)18-37(20-10-4-3-5-11-20)25-17-16-22(21-12-6-7-13-23(21)29-33-35-36-34-29)27(28(25)31)30-32-24-14-8-9-15-26(24)38-30/h6-9,12-17,19-20H,3-5,10-11,18,31H2,1-2H3,(H,33,34,35,36). The highest BCUT2D eigenvalue weighted by molar-refractivity contribution is 5.98. The number of nitrogens with zero attached hydrogens (tertiary/aromatic N) is 5. The summed E-state index contributed by atoms with van der Waals surface area (Å²) < 4.78 is 6.33. The van der Waals surface area contributed by atoms with Crippen molar-refractivity contribution in [2.45, 2.75) is 52.0 Å². The first-order valence-electron chi connectivity index (χ1n) is 13.5. The van der Waals surface area contributed by atoms with Gasteiger partial charge in [0.25, 0.3) is 0 Å². The lowest BCUT2D eigenvalue weighted by Gasteiger charge is -2.38. The largest absolute Gasteiger partial charge is 0.436 e. The third kappa shape index (κ3) is 4.51. The van der Waals surface area contributed by atoms with Gasteiger partial charge >= 0.3 is 0 Å². The number of nitrogens with one attached hydrogen (secondary N) is 1. The van der Waals surface area contributed by atoms with E-state index in [1.54, 1.807) is 0 Å².